The molecule has 1 aliphatic carbocycles. The molecular weight excluding hydrogens is 308 g/mol. The van der Waals surface area contributed by atoms with Crippen LogP contribution in [0.1, 0.15) is 18.4 Å². The summed E-state index contributed by atoms with van der Waals surface area (Å²) in [4.78, 5) is 20.4. The van der Waals surface area contributed by atoms with Gasteiger partial charge < -0.3 is 10.6 Å². The molecule has 6 heteroatoms. The molecule has 5 nitrogen and oxygen atoms in total. The molecule has 0 unspecified atom stereocenters. The predicted octanol–water partition coefficient (Wildman–Crippen LogP) is 3.65. The van der Waals surface area contributed by atoms with Gasteiger partial charge >= 0.3 is 0 Å². The highest BCUT2D eigenvalue weighted by atomic mass is 32.1. The lowest BCUT2D eigenvalue weighted by atomic mass is 10.2. The van der Waals surface area contributed by atoms with Crippen LogP contribution in [0.5, 0.6) is 0 Å². The number of thiophene rings is 1. The van der Waals surface area contributed by atoms with Crippen molar-refractivity contribution >= 4 is 39.0 Å². The average Bonchev–Trinajstić information content (AvgIpc) is 3.31. The molecule has 1 aromatic carbocycles. The number of carbonyl (C=O) groups is 1. The number of carbonyl (C=O) groups excluding carboxylic acids is 1. The van der Waals surface area contributed by atoms with Gasteiger partial charge in [0.05, 0.1) is 10.2 Å². The van der Waals surface area contributed by atoms with Gasteiger partial charge in [0.1, 0.15) is 12.1 Å². The Hall–Kier alpha value is -2.47. The zero-order chi connectivity index (χ0) is 15.6. The second kappa shape index (κ2) is 5.96. The van der Waals surface area contributed by atoms with Crippen LogP contribution in [0, 0.1) is 5.92 Å². The number of fused-ring (bicyclic) bond motifs is 1. The summed E-state index contributed by atoms with van der Waals surface area (Å²) in [5, 5.41) is 8.34. The third kappa shape index (κ3) is 3.17. The van der Waals surface area contributed by atoms with Crippen LogP contribution in [0.25, 0.3) is 10.2 Å². The van der Waals surface area contributed by atoms with Crippen molar-refractivity contribution in [1.82, 2.24) is 9.97 Å². The van der Waals surface area contributed by atoms with Crippen LogP contribution in [-0.4, -0.2) is 15.9 Å². The van der Waals surface area contributed by atoms with Crippen LogP contribution in [0.2, 0.25) is 0 Å². The zero-order valence-corrected chi connectivity index (χ0v) is 13.3. The van der Waals surface area contributed by atoms with Crippen molar-refractivity contribution in [3.63, 3.8) is 0 Å². The van der Waals surface area contributed by atoms with Gasteiger partial charge in [-0.15, -0.1) is 11.3 Å². The smallest absolute Gasteiger partial charge is 0.227 e. The van der Waals surface area contributed by atoms with Crippen LogP contribution < -0.4 is 10.6 Å². The summed E-state index contributed by atoms with van der Waals surface area (Å²) in [6.07, 6.45) is 3.60. The van der Waals surface area contributed by atoms with Gasteiger partial charge in [-0.25, -0.2) is 9.97 Å². The average molecular weight is 324 g/mol. The summed E-state index contributed by atoms with van der Waals surface area (Å²) < 4.78 is 1.06. The first-order chi connectivity index (χ1) is 11.3. The third-order valence-corrected chi connectivity index (χ3v) is 4.76. The second-order valence-corrected chi connectivity index (χ2v) is 6.59. The van der Waals surface area contributed by atoms with Crippen molar-refractivity contribution in [3.8, 4) is 0 Å². The maximum absolute atomic E-state index is 11.8. The molecule has 116 valence electrons. The number of rotatable bonds is 5. The van der Waals surface area contributed by atoms with Crippen LogP contribution in [-0.2, 0) is 11.3 Å². The number of amides is 1. The first-order valence-corrected chi connectivity index (χ1v) is 8.49. The first-order valence-electron chi connectivity index (χ1n) is 7.61. The summed E-state index contributed by atoms with van der Waals surface area (Å²) in [6.45, 7) is 0.650. The molecule has 4 rings (SSSR count). The molecule has 0 spiro atoms. The van der Waals surface area contributed by atoms with Gasteiger partial charge in [-0.2, -0.15) is 0 Å². The fourth-order valence-electron chi connectivity index (χ4n) is 2.45. The van der Waals surface area contributed by atoms with Crippen LogP contribution in [0.3, 0.4) is 0 Å². The molecule has 0 aliphatic heterocycles. The van der Waals surface area contributed by atoms with E-state index in [0.717, 1.165) is 40.1 Å². The van der Waals surface area contributed by atoms with E-state index < -0.39 is 0 Å². The lowest BCUT2D eigenvalue weighted by Gasteiger charge is -2.09. The Morgan fingerprint density at radius 2 is 2.17 bits per heavy atom. The number of hydrogen-bond donors (Lipinski definition) is 2. The van der Waals surface area contributed by atoms with Crippen molar-refractivity contribution in [2.24, 2.45) is 5.92 Å². The molecule has 2 aromatic heterocycles. The Bertz CT molecular complexity index is 856. The normalized spacial score (nSPS) is 13.9. The Morgan fingerprint density at radius 3 is 3.04 bits per heavy atom. The maximum Gasteiger partial charge on any atom is 0.227 e. The second-order valence-electron chi connectivity index (χ2n) is 5.67. The van der Waals surface area contributed by atoms with Gasteiger partial charge in [-0.05, 0) is 42.0 Å². The van der Waals surface area contributed by atoms with Gasteiger partial charge in [-0.1, -0.05) is 12.1 Å². The summed E-state index contributed by atoms with van der Waals surface area (Å²) >= 11 is 1.63. The minimum Gasteiger partial charge on any atom is -0.365 e. The Kier molecular flexibility index (Phi) is 3.67. The number of benzene rings is 1. The molecule has 3 aromatic rings. The largest absolute Gasteiger partial charge is 0.365 e. The SMILES string of the molecule is O=C(Nc1cccc(CNc2ncnc3ccsc23)c1)C1CC1. The third-order valence-electron chi connectivity index (χ3n) is 3.85. The maximum atomic E-state index is 11.8. The Morgan fingerprint density at radius 1 is 1.26 bits per heavy atom. The van der Waals surface area contributed by atoms with Crippen LogP contribution in [0.4, 0.5) is 11.5 Å². The fourth-order valence-corrected chi connectivity index (χ4v) is 3.26. The first kappa shape index (κ1) is 14.1. The summed E-state index contributed by atoms with van der Waals surface area (Å²) in [6, 6.07) is 9.90. The van der Waals surface area contributed by atoms with E-state index in [0.29, 0.717) is 6.54 Å². The van der Waals surface area contributed by atoms with Gasteiger partial charge in [0, 0.05) is 18.2 Å². The fraction of sp³-hybridized carbons (Fsp3) is 0.235. The van der Waals surface area contributed by atoms with E-state index in [1.54, 1.807) is 17.7 Å². The summed E-state index contributed by atoms with van der Waals surface area (Å²) in [5.74, 6) is 1.19. The summed E-state index contributed by atoms with van der Waals surface area (Å²) in [5.41, 5.74) is 2.91. The molecule has 1 fully saturated rings. The van der Waals surface area contributed by atoms with Gasteiger partial charge in [0.2, 0.25) is 5.91 Å². The van der Waals surface area contributed by atoms with Gasteiger partial charge in [-0.3, -0.25) is 4.79 Å². The van der Waals surface area contributed by atoms with E-state index in [9.17, 15) is 4.79 Å². The topological polar surface area (TPSA) is 66.9 Å². The lowest BCUT2D eigenvalue weighted by Crippen LogP contribution is -2.13. The van der Waals surface area contributed by atoms with E-state index in [2.05, 4.69) is 20.6 Å². The zero-order valence-electron chi connectivity index (χ0n) is 12.5. The minimum absolute atomic E-state index is 0.131. The minimum atomic E-state index is 0.131. The number of nitrogens with one attached hydrogen (secondary N) is 2. The van der Waals surface area contributed by atoms with Crippen molar-refractivity contribution in [2.75, 3.05) is 10.6 Å². The highest BCUT2D eigenvalue weighted by molar-refractivity contribution is 7.17. The van der Waals surface area contributed by atoms with E-state index in [1.807, 2.05) is 35.7 Å². The number of anilines is 2. The number of nitrogens with zero attached hydrogens (tertiary/aromatic N) is 2. The van der Waals surface area contributed by atoms with E-state index in [4.69, 9.17) is 0 Å². The molecule has 0 bridgehead atoms. The monoisotopic (exact) mass is 324 g/mol. The standard InChI is InChI=1S/C17H16N4OS/c22-17(12-4-5-12)21-13-3-1-2-11(8-13)9-18-16-15-14(6-7-23-15)19-10-20-16/h1-3,6-8,10,12H,4-5,9H2,(H,21,22)(H,18,19,20). The van der Waals surface area contributed by atoms with E-state index in [1.165, 1.54) is 0 Å². The number of aromatic nitrogens is 2. The molecule has 1 amide bonds. The highest BCUT2D eigenvalue weighted by Crippen LogP contribution is 2.30. The molecule has 1 saturated carbocycles. The van der Waals surface area contributed by atoms with Crippen molar-refractivity contribution in [3.05, 3.63) is 47.6 Å². The highest BCUT2D eigenvalue weighted by Gasteiger charge is 2.29. The quantitative estimate of drug-likeness (QED) is 0.752. The predicted molar refractivity (Wildman–Crippen MR) is 92.5 cm³/mol. The van der Waals surface area contributed by atoms with E-state index in [-0.39, 0.29) is 11.8 Å². The molecule has 0 radical (unpaired) electrons. The molecule has 2 N–H and O–H groups in total. The van der Waals surface area contributed by atoms with E-state index >= 15 is 0 Å². The molecule has 23 heavy (non-hydrogen) atoms. The van der Waals surface area contributed by atoms with Gasteiger partial charge in [0.15, 0.2) is 0 Å². The molecular formula is C17H16N4OS. The van der Waals surface area contributed by atoms with Crippen LogP contribution in [0.15, 0.2) is 42.0 Å². The van der Waals surface area contributed by atoms with Gasteiger partial charge in [0.25, 0.3) is 0 Å². The Labute approximate surface area is 137 Å². The molecule has 0 atom stereocenters. The lowest BCUT2D eigenvalue weighted by molar-refractivity contribution is -0.117. The summed E-state index contributed by atoms with van der Waals surface area (Å²) in [7, 11) is 0. The number of hydrogen-bond acceptors (Lipinski definition) is 5. The Balaban J connectivity index is 1.46. The molecule has 2 heterocycles. The van der Waals surface area contributed by atoms with Crippen molar-refractivity contribution < 1.29 is 4.79 Å². The molecule has 0 saturated heterocycles. The van der Waals surface area contributed by atoms with Crippen LogP contribution >= 0.6 is 11.3 Å². The molecule has 1 aliphatic rings. The van der Waals surface area contributed by atoms with Crippen molar-refractivity contribution in [2.45, 2.75) is 19.4 Å². The van der Waals surface area contributed by atoms with Crippen molar-refractivity contribution in [1.29, 1.82) is 0 Å².